The van der Waals surface area contributed by atoms with Gasteiger partial charge >= 0.3 is 12.1 Å². The minimum atomic E-state index is -1.02. The third-order valence-corrected chi connectivity index (χ3v) is 2.54. The lowest BCUT2D eigenvalue weighted by Gasteiger charge is -2.21. The summed E-state index contributed by atoms with van der Waals surface area (Å²) < 4.78 is 9.93. The van der Waals surface area contributed by atoms with Gasteiger partial charge in [0.25, 0.3) is 5.78 Å². The Morgan fingerprint density at radius 1 is 1.14 bits per heavy atom. The Balaban J connectivity index is 2.45. The number of esters is 1. The second kappa shape index (κ2) is 7.59. The predicted octanol–water partition coefficient (Wildman–Crippen LogP) is 2.21. The number of rotatable bonds is 5. The second-order valence-corrected chi connectivity index (χ2v) is 5.79. The number of benzene rings is 1. The van der Waals surface area contributed by atoms with Crippen molar-refractivity contribution in [2.75, 3.05) is 0 Å². The molecule has 0 unspecified atom stereocenters. The van der Waals surface area contributed by atoms with Gasteiger partial charge in [-0.05, 0) is 33.3 Å². The van der Waals surface area contributed by atoms with Gasteiger partial charge in [0.15, 0.2) is 0 Å². The number of Topliss-reactive ketones (excluding diaryl/α,β-unsaturated/α-hetero) is 1. The van der Waals surface area contributed by atoms with Gasteiger partial charge in [-0.1, -0.05) is 30.3 Å². The Morgan fingerprint density at radius 2 is 1.73 bits per heavy atom. The number of amides is 1. The second-order valence-electron chi connectivity index (χ2n) is 5.79. The molecule has 0 saturated heterocycles. The molecule has 22 heavy (non-hydrogen) atoms. The number of hydrogen-bond acceptors (Lipinski definition) is 5. The molecule has 0 spiro atoms. The first-order valence-electron chi connectivity index (χ1n) is 6.93. The highest BCUT2D eigenvalue weighted by Gasteiger charge is 2.26. The smallest absolute Gasteiger partial charge is 0.408 e. The van der Waals surface area contributed by atoms with E-state index in [0.29, 0.717) is 0 Å². The van der Waals surface area contributed by atoms with E-state index in [0.717, 1.165) is 5.56 Å². The molecule has 1 N–H and O–H groups in total. The summed E-state index contributed by atoms with van der Waals surface area (Å²) >= 11 is 0. The van der Waals surface area contributed by atoms with Gasteiger partial charge in [-0.25, -0.2) is 9.59 Å². The fraction of sp³-hybridized carbons (Fsp3) is 0.438. The van der Waals surface area contributed by atoms with Crippen molar-refractivity contribution in [1.82, 2.24) is 5.32 Å². The first kappa shape index (κ1) is 17.7. The van der Waals surface area contributed by atoms with Crippen LogP contribution in [0.4, 0.5) is 4.79 Å². The van der Waals surface area contributed by atoms with Gasteiger partial charge in [0.1, 0.15) is 12.2 Å². The summed E-state index contributed by atoms with van der Waals surface area (Å²) in [4.78, 5) is 35.0. The van der Waals surface area contributed by atoms with E-state index in [1.807, 2.05) is 6.07 Å². The monoisotopic (exact) mass is 307 g/mol. The number of carbonyl (C=O) groups is 3. The van der Waals surface area contributed by atoms with Crippen molar-refractivity contribution < 1.29 is 23.9 Å². The average molecular weight is 307 g/mol. The maximum absolute atomic E-state index is 11.8. The molecule has 1 aromatic carbocycles. The number of ketones is 1. The summed E-state index contributed by atoms with van der Waals surface area (Å²) in [5.74, 6) is -1.82. The van der Waals surface area contributed by atoms with Crippen LogP contribution in [-0.4, -0.2) is 29.5 Å². The molecule has 0 saturated carbocycles. The summed E-state index contributed by atoms with van der Waals surface area (Å²) in [6.45, 7) is 6.51. The highest BCUT2D eigenvalue weighted by Crippen LogP contribution is 2.07. The largest absolute Gasteiger partial charge is 0.455 e. The van der Waals surface area contributed by atoms with Crippen LogP contribution in [-0.2, 0) is 25.7 Å². The van der Waals surface area contributed by atoms with Gasteiger partial charge in [0.2, 0.25) is 0 Å². The highest BCUT2D eigenvalue weighted by atomic mass is 16.6. The van der Waals surface area contributed by atoms with Gasteiger partial charge < -0.3 is 14.8 Å². The maximum atomic E-state index is 11.8. The number of nitrogens with one attached hydrogen (secondary N) is 1. The Bertz CT molecular complexity index is 533. The average Bonchev–Trinajstić information content (AvgIpc) is 2.42. The van der Waals surface area contributed by atoms with Crippen LogP contribution in [0.25, 0.3) is 0 Å². The van der Waals surface area contributed by atoms with Gasteiger partial charge in [0, 0.05) is 0 Å². The van der Waals surface area contributed by atoms with Crippen LogP contribution in [0, 0.1) is 0 Å². The molecule has 0 fully saturated rings. The molecule has 120 valence electrons. The van der Waals surface area contributed by atoms with Crippen molar-refractivity contribution in [3.63, 3.8) is 0 Å². The molecule has 0 heterocycles. The number of carbonyl (C=O) groups excluding carboxylic acids is 3. The zero-order valence-corrected chi connectivity index (χ0v) is 13.2. The zero-order valence-electron chi connectivity index (χ0n) is 13.2. The lowest BCUT2D eigenvalue weighted by Crippen LogP contribution is -2.44. The topological polar surface area (TPSA) is 81.7 Å². The molecule has 0 radical (unpaired) electrons. The molecule has 0 aliphatic rings. The van der Waals surface area contributed by atoms with Gasteiger partial charge in [-0.2, -0.15) is 0 Å². The molecule has 6 nitrogen and oxygen atoms in total. The van der Waals surface area contributed by atoms with Crippen molar-refractivity contribution in [2.45, 2.75) is 45.9 Å². The molecule has 1 rings (SSSR count). The normalized spacial score (nSPS) is 12.2. The molecule has 0 aromatic heterocycles. The Morgan fingerprint density at radius 3 is 2.27 bits per heavy atom. The van der Waals surface area contributed by atoms with E-state index in [2.05, 4.69) is 5.32 Å². The Labute approximate surface area is 129 Å². The van der Waals surface area contributed by atoms with E-state index in [-0.39, 0.29) is 6.61 Å². The van der Waals surface area contributed by atoms with E-state index < -0.39 is 29.5 Å². The van der Waals surface area contributed by atoms with Gasteiger partial charge in [-0.15, -0.1) is 0 Å². The summed E-state index contributed by atoms with van der Waals surface area (Å²) in [5.41, 5.74) is 0.0946. The van der Waals surface area contributed by atoms with Crippen LogP contribution in [0.15, 0.2) is 30.3 Å². The minimum Gasteiger partial charge on any atom is -0.455 e. The van der Waals surface area contributed by atoms with E-state index in [4.69, 9.17) is 9.47 Å². The van der Waals surface area contributed by atoms with Crippen LogP contribution >= 0.6 is 0 Å². The molecule has 1 amide bonds. The molecular weight excluding hydrogens is 286 g/mol. The lowest BCUT2D eigenvalue weighted by atomic mass is 10.2. The quantitative estimate of drug-likeness (QED) is 0.666. The fourth-order valence-electron chi connectivity index (χ4n) is 1.52. The van der Waals surface area contributed by atoms with Crippen LogP contribution in [0.2, 0.25) is 0 Å². The van der Waals surface area contributed by atoms with Crippen LogP contribution in [0.1, 0.15) is 33.3 Å². The SMILES string of the molecule is C[C@H](NC(=O)OC(C)(C)C)C(=O)C(=O)OCc1ccccc1. The van der Waals surface area contributed by atoms with Gasteiger partial charge in [0.05, 0.1) is 6.04 Å². The maximum Gasteiger partial charge on any atom is 0.408 e. The molecule has 0 aliphatic carbocycles. The summed E-state index contributed by atoms with van der Waals surface area (Å²) in [6.07, 6.45) is -0.760. The summed E-state index contributed by atoms with van der Waals surface area (Å²) in [7, 11) is 0. The summed E-state index contributed by atoms with van der Waals surface area (Å²) in [6, 6.07) is 7.98. The van der Waals surface area contributed by atoms with Crippen molar-refractivity contribution in [1.29, 1.82) is 0 Å². The van der Waals surface area contributed by atoms with Crippen molar-refractivity contribution in [3.05, 3.63) is 35.9 Å². The predicted molar refractivity (Wildman–Crippen MR) is 80.1 cm³/mol. The van der Waals surface area contributed by atoms with Crippen LogP contribution < -0.4 is 5.32 Å². The van der Waals surface area contributed by atoms with E-state index in [1.165, 1.54) is 6.92 Å². The molecule has 1 aromatic rings. The van der Waals surface area contributed by atoms with E-state index in [1.54, 1.807) is 45.0 Å². The Hall–Kier alpha value is -2.37. The number of ether oxygens (including phenoxy) is 2. The first-order valence-corrected chi connectivity index (χ1v) is 6.93. The number of alkyl carbamates (subject to hydrolysis) is 1. The third kappa shape index (κ3) is 6.39. The lowest BCUT2D eigenvalue weighted by molar-refractivity contribution is -0.155. The van der Waals surface area contributed by atoms with E-state index >= 15 is 0 Å². The molecular formula is C16H21NO5. The fourth-order valence-corrected chi connectivity index (χ4v) is 1.52. The zero-order chi connectivity index (χ0) is 16.8. The van der Waals surface area contributed by atoms with Crippen LogP contribution in [0.5, 0.6) is 0 Å². The first-order chi connectivity index (χ1) is 10.2. The molecule has 1 atom stereocenters. The van der Waals surface area contributed by atoms with Crippen molar-refractivity contribution in [2.24, 2.45) is 0 Å². The van der Waals surface area contributed by atoms with Crippen LogP contribution in [0.3, 0.4) is 0 Å². The highest BCUT2D eigenvalue weighted by molar-refractivity contribution is 6.35. The standard InChI is InChI=1S/C16H21NO5/c1-11(17-15(20)22-16(2,3)4)13(18)14(19)21-10-12-8-6-5-7-9-12/h5-9,11H,10H2,1-4H3,(H,17,20)/t11-/m0/s1. The molecule has 0 bridgehead atoms. The minimum absolute atomic E-state index is 0.00453. The van der Waals surface area contributed by atoms with Crippen molar-refractivity contribution in [3.8, 4) is 0 Å². The van der Waals surface area contributed by atoms with Gasteiger partial charge in [-0.3, -0.25) is 4.79 Å². The number of hydrogen-bond donors (Lipinski definition) is 1. The summed E-state index contributed by atoms with van der Waals surface area (Å²) in [5, 5.41) is 2.30. The van der Waals surface area contributed by atoms with E-state index in [9.17, 15) is 14.4 Å². The Kier molecular flexibility index (Phi) is 6.10. The third-order valence-electron chi connectivity index (χ3n) is 2.54. The van der Waals surface area contributed by atoms with Crippen molar-refractivity contribution >= 4 is 17.8 Å². The molecule has 0 aliphatic heterocycles. The molecule has 6 heteroatoms.